The van der Waals surface area contributed by atoms with Gasteiger partial charge >= 0.3 is 0 Å². The van der Waals surface area contributed by atoms with E-state index in [4.69, 9.17) is 0 Å². The average molecular weight is 355 g/mol. The predicted molar refractivity (Wildman–Crippen MR) is 115 cm³/mol. The van der Waals surface area contributed by atoms with E-state index in [0.29, 0.717) is 10.8 Å². The molecular weight excluding hydrogens is 316 g/mol. The van der Waals surface area contributed by atoms with Gasteiger partial charge in [-0.05, 0) is 58.9 Å². The molecule has 0 N–H and O–H groups in total. The lowest BCUT2D eigenvalue weighted by atomic mass is 9.35. The van der Waals surface area contributed by atoms with E-state index in [-0.39, 0.29) is 5.41 Å². The molecule has 1 aromatic carbocycles. The van der Waals surface area contributed by atoms with Crippen molar-refractivity contribution in [2.45, 2.75) is 91.9 Å². The molecule has 1 heteroatoms. The second kappa shape index (κ2) is 5.59. The van der Waals surface area contributed by atoms with Gasteiger partial charge in [0.1, 0.15) is 0 Å². The van der Waals surface area contributed by atoms with Gasteiger partial charge in [-0.25, -0.2) is 0 Å². The average Bonchev–Trinajstić information content (AvgIpc) is 2.76. The summed E-state index contributed by atoms with van der Waals surface area (Å²) in [7, 11) is -1.17. The number of hydrogen-bond donors (Lipinski definition) is 0. The first-order valence-corrected chi connectivity index (χ1v) is 13.9. The Labute approximate surface area is 157 Å². The molecule has 0 unspecified atom stereocenters. The fourth-order valence-corrected chi connectivity index (χ4v) is 8.33. The number of aryl methyl sites for hydroxylation is 1. The Balaban J connectivity index is 2.25. The summed E-state index contributed by atoms with van der Waals surface area (Å²) in [5.74, 6) is 0. The summed E-state index contributed by atoms with van der Waals surface area (Å²) in [6.45, 7) is 22.3. The van der Waals surface area contributed by atoms with Crippen molar-refractivity contribution < 1.29 is 0 Å². The summed E-state index contributed by atoms with van der Waals surface area (Å²) in [5, 5.41) is 0. The van der Waals surface area contributed by atoms with Gasteiger partial charge < -0.3 is 0 Å². The van der Waals surface area contributed by atoms with Crippen LogP contribution in [0.3, 0.4) is 0 Å². The van der Waals surface area contributed by atoms with Crippen molar-refractivity contribution in [3.63, 3.8) is 0 Å². The molecule has 3 rings (SSSR count). The minimum Gasteiger partial charge on any atom is -0.0693 e. The third-order valence-corrected chi connectivity index (χ3v) is 8.43. The van der Waals surface area contributed by atoms with Gasteiger partial charge in [0, 0.05) is 13.5 Å². The molecule has 0 heterocycles. The molecule has 1 saturated carbocycles. The largest absolute Gasteiger partial charge is 0.0693 e. The zero-order valence-corrected chi connectivity index (χ0v) is 19.1. The minimum absolute atomic E-state index is 0.241. The first kappa shape index (κ1) is 19.0. The maximum absolute atomic E-state index is 2.63. The Morgan fingerprint density at radius 3 is 2.08 bits per heavy atom. The third-order valence-electron chi connectivity index (χ3n) is 6.99. The Hall–Kier alpha value is -0.823. The highest BCUT2D eigenvalue weighted by Gasteiger charge is 2.69. The number of hydrogen-bond acceptors (Lipinski definition) is 0. The van der Waals surface area contributed by atoms with E-state index >= 15 is 0 Å². The van der Waals surface area contributed by atoms with Gasteiger partial charge in [-0.3, -0.25) is 0 Å². The van der Waals surface area contributed by atoms with Gasteiger partial charge in [0.15, 0.2) is 0 Å². The Morgan fingerprint density at radius 1 is 1.00 bits per heavy atom. The summed E-state index contributed by atoms with van der Waals surface area (Å²) >= 11 is 0. The van der Waals surface area contributed by atoms with Crippen LogP contribution in [0, 0.1) is 17.8 Å². The van der Waals surface area contributed by atoms with Crippen LogP contribution in [0.2, 0.25) is 25.7 Å². The maximum Gasteiger partial charge on any atom is 0.0483 e. The van der Waals surface area contributed by atoms with Crippen molar-refractivity contribution in [1.29, 1.82) is 0 Å². The molecule has 1 fully saturated rings. The monoisotopic (exact) mass is 354 g/mol. The molecule has 0 atom stereocenters. The van der Waals surface area contributed by atoms with Crippen molar-refractivity contribution in [1.82, 2.24) is 0 Å². The van der Waals surface area contributed by atoms with E-state index in [1.54, 1.807) is 27.8 Å². The van der Waals surface area contributed by atoms with Crippen LogP contribution in [0.5, 0.6) is 0 Å². The molecule has 0 saturated heterocycles. The van der Waals surface area contributed by atoms with Crippen LogP contribution in [0.1, 0.15) is 69.7 Å². The van der Waals surface area contributed by atoms with E-state index in [9.17, 15) is 0 Å². The second-order valence-corrected chi connectivity index (χ2v) is 16.6. The molecular formula is C24H38Si. The lowest BCUT2D eigenvalue weighted by Crippen LogP contribution is -2.64. The van der Waals surface area contributed by atoms with E-state index < -0.39 is 8.07 Å². The smallest absolute Gasteiger partial charge is 0.0483 e. The zero-order chi connectivity index (χ0) is 18.8. The fraction of sp³-hybridized carbons (Fsp3) is 0.667. The van der Waals surface area contributed by atoms with Gasteiger partial charge in [-0.15, -0.1) is 0 Å². The van der Waals surface area contributed by atoms with Crippen molar-refractivity contribution in [3.8, 4) is 0 Å². The topological polar surface area (TPSA) is 0 Å². The van der Waals surface area contributed by atoms with Crippen molar-refractivity contribution >= 4 is 14.1 Å². The van der Waals surface area contributed by atoms with E-state index in [0.717, 1.165) is 0 Å². The molecule has 0 bridgehead atoms. The van der Waals surface area contributed by atoms with Crippen molar-refractivity contribution in [2.75, 3.05) is 0 Å². The number of benzene rings is 1. The van der Waals surface area contributed by atoms with Gasteiger partial charge in [0.2, 0.25) is 0 Å². The molecule has 1 aromatic rings. The molecule has 25 heavy (non-hydrogen) atoms. The molecule has 1 spiro atoms. The highest BCUT2D eigenvalue weighted by atomic mass is 28.3. The third kappa shape index (κ3) is 2.52. The first-order valence-electron chi connectivity index (χ1n) is 10.2. The van der Waals surface area contributed by atoms with E-state index in [2.05, 4.69) is 79.4 Å². The standard InChI is InChI=1S/C24H38Si/c1-10-11-18-12-13-21-20(17(18)2)14-19(15-25(7,8)9)24(21)22(3,4)16-23(24,5)6/h12-14H,10-11,15-16H2,1-9H3. The first-order chi connectivity index (χ1) is 11.4. The Bertz CT molecular complexity index is 711. The van der Waals surface area contributed by atoms with Crippen LogP contribution in [-0.2, 0) is 11.8 Å². The van der Waals surface area contributed by atoms with Crippen LogP contribution in [0.25, 0.3) is 6.08 Å². The van der Waals surface area contributed by atoms with Gasteiger partial charge in [0.05, 0.1) is 0 Å². The summed E-state index contributed by atoms with van der Waals surface area (Å²) in [6, 6.07) is 6.27. The number of fused-ring (bicyclic) bond motifs is 2. The molecule has 138 valence electrons. The highest BCUT2D eigenvalue weighted by molar-refractivity contribution is 6.76. The molecule has 0 nitrogen and oxygen atoms in total. The predicted octanol–water partition coefficient (Wildman–Crippen LogP) is 7.38. The van der Waals surface area contributed by atoms with Crippen molar-refractivity contribution in [2.24, 2.45) is 10.8 Å². The minimum atomic E-state index is -1.17. The molecule has 2 aliphatic carbocycles. The lowest BCUT2D eigenvalue weighted by molar-refractivity contribution is -0.0889. The summed E-state index contributed by atoms with van der Waals surface area (Å²) in [4.78, 5) is 0. The number of rotatable bonds is 4. The Morgan fingerprint density at radius 2 is 1.60 bits per heavy atom. The van der Waals surface area contributed by atoms with Crippen LogP contribution < -0.4 is 0 Å². The van der Waals surface area contributed by atoms with Gasteiger partial charge in [0.25, 0.3) is 0 Å². The van der Waals surface area contributed by atoms with E-state index in [1.165, 1.54) is 25.3 Å². The molecule has 0 aliphatic heterocycles. The van der Waals surface area contributed by atoms with Crippen LogP contribution in [-0.4, -0.2) is 8.07 Å². The maximum atomic E-state index is 2.63. The summed E-state index contributed by atoms with van der Waals surface area (Å²) in [5.41, 5.74) is 9.00. The fourth-order valence-electron chi connectivity index (χ4n) is 6.82. The Kier molecular flexibility index (Phi) is 4.23. The lowest BCUT2D eigenvalue weighted by Gasteiger charge is -2.68. The second-order valence-electron chi connectivity index (χ2n) is 11.2. The van der Waals surface area contributed by atoms with Crippen LogP contribution in [0.15, 0.2) is 17.7 Å². The number of allylic oxidation sites excluding steroid dienone is 1. The van der Waals surface area contributed by atoms with E-state index in [1.807, 2.05) is 0 Å². The van der Waals surface area contributed by atoms with Crippen LogP contribution >= 0.6 is 0 Å². The zero-order valence-electron chi connectivity index (χ0n) is 18.1. The molecule has 2 aliphatic rings. The SMILES string of the molecule is CCCc1ccc2c(c1C)C=C(C[Si](C)(C)C)C21C(C)(C)CC1(C)C. The van der Waals surface area contributed by atoms with Gasteiger partial charge in [-0.2, -0.15) is 0 Å². The molecule has 0 aromatic heterocycles. The highest BCUT2D eigenvalue weighted by Crippen LogP contribution is 2.74. The molecule has 0 amide bonds. The normalized spacial score (nSPS) is 22.5. The van der Waals surface area contributed by atoms with Gasteiger partial charge in [-0.1, -0.05) is 84.5 Å². The van der Waals surface area contributed by atoms with Crippen molar-refractivity contribution in [3.05, 3.63) is 40.0 Å². The molecule has 0 radical (unpaired) electrons. The summed E-state index contributed by atoms with van der Waals surface area (Å²) in [6.07, 6.45) is 6.38. The quantitative estimate of drug-likeness (QED) is 0.495. The van der Waals surface area contributed by atoms with Crippen LogP contribution in [0.4, 0.5) is 0 Å². The summed E-state index contributed by atoms with van der Waals surface area (Å²) < 4.78 is 0.